The Labute approximate surface area is 123 Å². The van der Waals surface area contributed by atoms with Crippen molar-refractivity contribution in [1.29, 1.82) is 0 Å². The molecule has 4 aromatic carbocycles. The van der Waals surface area contributed by atoms with Crippen molar-refractivity contribution in [2.24, 2.45) is 0 Å². The van der Waals surface area contributed by atoms with Crippen LogP contribution in [0.25, 0.3) is 32.7 Å². The van der Waals surface area contributed by atoms with E-state index in [0.29, 0.717) is 0 Å². The first-order valence-electron chi connectivity index (χ1n) is 7.43. The van der Waals surface area contributed by atoms with Crippen LogP contribution < -0.4 is 0 Å². The molecular weight excluding hydrogens is 252 g/mol. The number of hydrogen-bond donors (Lipinski definition) is 0. The molecule has 0 bridgehead atoms. The van der Waals surface area contributed by atoms with Gasteiger partial charge in [0.15, 0.2) is 0 Å². The first kappa shape index (κ1) is 11.1. The van der Waals surface area contributed by atoms with Crippen molar-refractivity contribution in [3.05, 3.63) is 83.9 Å². The van der Waals surface area contributed by atoms with Crippen LogP contribution in [0.5, 0.6) is 0 Å². The van der Waals surface area contributed by atoms with E-state index in [0.717, 1.165) is 6.42 Å². The molecule has 1 aliphatic carbocycles. The smallest absolute Gasteiger partial charge is 0.000706 e. The van der Waals surface area contributed by atoms with Gasteiger partial charge in [-0.15, -0.1) is 0 Å². The molecule has 0 saturated carbocycles. The Morgan fingerprint density at radius 1 is 0.571 bits per heavy atom. The minimum absolute atomic E-state index is 1.03. The zero-order valence-electron chi connectivity index (χ0n) is 11.6. The molecule has 1 aliphatic rings. The predicted molar refractivity (Wildman–Crippen MR) is 89.7 cm³/mol. The summed E-state index contributed by atoms with van der Waals surface area (Å²) in [7, 11) is 0. The van der Waals surface area contributed by atoms with Crippen LogP contribution in [0.3, 0.4) is 0 Å². The highest BCUT2D eigenvalue weighted by molar-refractivity contribution is 6.05. The SMILES string of the molecule is c1ccc2c3c(ccc2c1)-c1cccc2cccc(c12)C3. The quantitative estimate of drug-likeness (QED) is 0.344. The average Bonchev–Trinajstić information content (AvgIpc) is 2.55. The van der Waals surface area contributed by atoms with E-state index < -0.39 is 0 Å². The lowest BCUT2D eigenvalue weighted by Gasteiger charge is -2.22. The lowest BCUT2D eigenvalue weighted by Crippen LogP contribution is -2.01. The van der Waals surface area contributed by atoms with Crippen LogP contribution in [-0.2, 0) is 6.42 Å². The first-order chi connectivity index (χ1) is 10.4. The van der Waals surface area contributed by atoms with Crippen molar-refractivity contribution < 1.29 is 0 Å². The summed E-state index contributed by atoms with van der Waals surface area (Å²) in [5.41, 5.74) is 5.71. The molecule has 0 aliphatic heterocycles. The van der Waals surface area contributed by atoms with Gasteiger partial charge in [0.1, 0.15) is 0 Å². The molecule has 0 fully saturated rings. The average molecular weight is 266 g/mol. The molecule has 0 amide bonds. The van der Waals surface area contributed by atoms with Crippen molar-refractivity contribution >= 4 is 21.5 Å². The molecule has 0 atom stereocenters. The summed E-state index contributed by atoms with van der Waals surface area (Å²) in [6.07, 6.45) is 1.03. The highest BCUT2D eigenvalue weighted by Gasteiger charge is 2.19. The lowest BCUT2D eigenvalue weighted by atomic mass is 9.81. The molecule has 0 nitrogen and oxygen atoms in total. The summed E-state index contributed by atoms with van der Waals surface area (Å²) in [4.78, 5) is 0. The number of benzene rings is 4. The van der Waals surface area contributed by atoms with E-state index in [-0.39, 0.29) is 0 Å². The molecule has 0 saturated heterocycles. The topological polar surface area (TPSA) is 0 Å². The Kier molecular flexibility index (Phi) is 2.09. The van der Waals surface area contributed by atoms with Crippen LogP contribution in [0.1, 0.15) is 11.1 Å². The minimum atomic E-state index is 1.03. The van der Waals surface area contributed by atoms with Crippen LogP contribution in [0.4, 0.5) is 0 Å². The van der Waals surface area contributed by atoms with Gasteiger partial charge >= 0.3 is 0 Å². The summed E-state index contributed by atoms with van der Waals surface area (Å²) in [6, 6.07) is 26.6. The number of rotatable bonds is 0. The third kappa shape index (κ3) is 1.45. The fourth-order valence-corrected chi connectivity index (χ4v) is 3.76. The molecule has 4 aromatic rings. The van der Waals surface area contributed by atoms with Gasteiger partial charge in [0, 0.05) is 0 Å². The van der Waals surface area contributed by atoms with Crippen molar-refractivity contribution in [2.75, 3.05) is 0 Å². The van der Waals surface area contributed by atoms with Crippen LogP contribution in [0, 0.1) is 0 Å². The van der Waals surface area contributed by atoms with Gasteiger partial charge in [-0.25, -0.2) is 0 Å². The van der Waals surface area contributed by atoms with Crippen LogP contribution in [-0.4, -0.2) is 0 Å². The number of fused-ring (bicyclic) bond motifs is 4. The molecule has 0 heterocycles. The van der Waals surface area contributed by atoms with Crippen LogP contribution in [0.2, 0.25) is 0 Å². The molecule has 0 unspecified atom stereocenters. The van der Waals surface area contributed by atoms with E-state index in [1.807, 2.05) is 0 Å². The maximum atomic E-state index is 2.29. The van der Waals surface area contributed by atoms with E-state index in [2.05, 4.69) is 72.8 Å². The molecule has 98 valence electrons. The molecule has 0 spiro atoms. The highest BCUT2D eigenvalue weighted by Crippen LogP contribution is 2.41. The monoisotopic (exact) mass is 266 g/mol. The Morgan fingerprint density at radius 3 is 2.33 bits per heavy atom. The van der Waals surface area contributed by atoms with Crippen molar-refractivity contribution in [3.8, 4) is 11.1 Å². The van der Waals surface area contributed by atoms with Crippen LogP contribution >= 0.6 is 0 Å². The Morgan fingerprint density at radius 2 is 1.38 bits per heavy atom. The third-order valence-corrected chi connectivity index (χ3v) is 4.69. The summed E-state index contributed by atoms with van der Waals surface area (Å²) in [5.74, 6) is 0. The second-order valence-electron chi connectivity index (χ2n) is 5.81. The summed E-state index contributed by atoms with van der Waals surface area (Å²) in [5, 5.41) is 5.51. The van der Waals surface area contributed by atoms with Gasteiger partial charge in [0.2, 0.25) is 0 Å². The molecular formula is C21H14. The fraction of sp³-hybridized carbons (Fsp3) is 0.0476. The second-order valence-corrected chi connectivity index (χ2v) is 5.81. The van der Waals surface area contributed by atoms with Crippen LogP contribution in [0.15, 0.2) is 72.8 Å². The van der Waals surface area contributed by atoms with Crippen molar-refractivity contribution in [1.82, 2.24) is 0 Å². The predicted octanol–water partition coefficient (Wildman–Crippen LogP) is 5.56. The van der Waals surface area contributed by atoms with Crippen molar-refractivity contribution in [2.45, 2.75) is 6.42 Å². The molecule has 21 heavy (non-hydrogen) atoms. The third-order valence-electron chi connectivity index (χ3n) is 4.69. The summed E-state index contributed by atoms with van der Waals surface area (Å²) >= 11 is 0. The summed E-state index contributed by atoms with van der Waals surface area (Å²) in [6.45, 7) is 0. The summed E-state index contributed by atoms with van der Waals surface area (Å²) < 4.78 is 0. The maximum absolute atomic E-state index is 2.29. The van der Waals surface area contributed by atoms with Crippen molar-refractivity contribution in [3.63, 3.8) is 0 Å². The van der Waals surface area contributed by atoms with Gasteiger partial charge in [-0.2, -0.15) is 0 Å². The Bertz CT molecular complexity index is 1000. The first-order valence-corrected chi connectivity index (χ1v) is 7.43. The van der Waals surface area contributed by atoms with Gasteiger partial charge in [-0.05, 0) is 50.2 Å². The Balaban J connectivity index is 1.98. The second kappa shape index (κ2) is 3.95. The minimum Gasteiger partial charge on any atom is -0.0616 e. The van der Waals surface area contributed by atoms with Gasteiger partial charge in [-0.1, -0.05) is 72.8 Å². The Hall–Kier alpha value is -2.60. The van der Waals surface area contributed by atoms with Gasteiger partial charge < -0.3 is 0 Å². The standard InChI is InChI=1S/C21H14/c1-2-9-17-14(5-1)11-12-18-19-10-4-7-15-6-3-8-16(21(15)19)13-20(17)18/h1-12H,13H2. The van der Waals surface area contributed by atoms with E-state index in [4.69, 9.17) is 0 Å². The van der Waals surface area contributed by atoms with E-state index in [1.54, 1.807) is 0 Å². The van der Waals surface area contributed by atoms with E-state index in [1.165, 1.54) is 43.8 Å². The van der Waals surface area contributed by atoms with Gasteiger partial charge in [0.25, 0.3) is 0 Å². The molecule has 0 radical (unpaired) electrons. The highest BCUT2D eigenvalue weighted by atomic mass is 14.2. The zero-order valence-corrected chi connectivity index (χ0v) is 11.6. The van der Waals surface area contributed by atoms with E-state index in [9.17, 15) is 0 Å². The van der Waals surface area contributed by atoms with E-state index >= 15 is 0 Å². The number of hydrogen-bond acceptors (Lipinski definition) is 0. The lowest BCUT2D eigenvalue weighted by molar-refractivity contribution is 1.22. The normalized spacial score (nSPS) is 12.6. The molecule has 0 aromatic heterocycles. The molecule has 5 rings (SSSR count). The molecule has 0 heteroatoms. The molecule has 0 N–H and O–H groups in total. The maximum Gasteiger partial charge on any atom is -0.000706 e. The zero-order chi connectivity index (χ0) is 13.8. The largest absolute Gasteiger partial charge is 0.0616 e. The van der Waals surface area contributed by atoms with Gasteiger partial charge in [-0.3, -0.25) is 0 Å². The van der Waals surface area contributed by atoms with Gasteiger partial charge in [0.05, 0.1) is 0 Å². The fourth-order valence-electron chi connectivity index (χ4n) is 3.76.